The van der Waals surface area contributed by atoms with Crippen molar-refractivity contribution in [2.45, 2.75) is 6.04 Å². The second-order valence-electron chi connectivity index (χ2n) is 4.11. The number of hydrogen-bond donors (Lipinski definition) is 1. The van der Waals surface area contributed by atoms with Crippen LogP contribution in [0.5, 0.6) is 5.75 Å². The third-order valence-corrected chi connectivity index (χ3v) is 2.97. The summed E-state index contributed by atoms with van der Waals surface area (Å²) in [5, 5.41) is 12.5. The molecule has 2 aromatic carbocycles. The summed E-state index contributed by atoms with van der Waals surface area (Å²) in [7, 11) is 1.54. The summed E-state index contributed by atoms with van der Waals surface area (Å²) in [6.45, 7) is 0. The highest BCUT2D eigenvalue weighted by atomic mass is 35.5. The van der Waals surface area contributed by atoms with E-state index in [2.05, 4.69) is 11.4 Å². The second kappa shape index (κ2) is 6.27. The Hall–Kier alpha value is -2.25. The lowest BCUT2D eigenvalue weighted by molar-refractivity contribution is 0.416. The van der Waals surface area contributed by atoms with Crippen LogP contribution in [0.3, 0.4) is 0 Å². The molecule has 0 saturated heterocycles. The van der Waals surface area contributed by atoms with E-state index in [4.69, 9.17) is 16.3 Å². The van der Waals surface area contributed by atoms with Crippen LogP contribution in [0.25, 0.3) is 0 Å². The second-order valence-corrected chi connectivity index (χ2v) is 4.55. The highest BCUT2D eigenvalue weighted by Crippen LogP contribution is 2.28. The first-order valence-corrected chi connectivity index (χ1v) is 6.27. The van der Waals surface area contributed by atoms with E-state index in [1.165, 1.54) is 12.1 Å². The fraction of sp³-hybridized carbons (Fsp3) is 0.133. The van der Waals surface area contributed by atoms with Crippen LogP contribution in [0.15, 0.2) is 42.5 Å². The Kier molecular flexibility index (Phi) is 4.44. The van der Waals surface area contributed by atoms with Gasteiger partial charge < -0.3 is 10.1 Å². The van der Waals surface area contributed by atoms with Crippen molar-refractivity contribution in [2.75, 3.05) is 12.4 Å². The Morgan fingerprint density at radius 2 is 2.05 bits per heavy atom. The number of nitrogens with one attached hydrogen (secondary N) is 1. The first-order chi connectivity index (χ1) is 9.63. The molecule has 2 aromatic rings. The third-order valence-electron chi connectivity index (χ3n) is 2.75. The summed E-state index contributed by atoms with van der Waals surface area (Å²) in [5.41, 5.74) is 1.12. The van der Waals surface area contributed by atoms with Crippen molar-refractivity contribution >= 4 is 17.3 Å². The van der Waals surface area contributed by atoms with E-state index in [9.17, 15) is 9.65 Å². The maximum absolute atomic E-state index is 13.4. The summed E-state index contributed by atoms with van der Waals surface area (Å²) < 4.78 is 18.6. The Morgan fingerprint density at radius 3 is 2.70 bits per heavy atom. The smallest absolute Gasteiger partial charge is 0.141 e. The van der Waals surface area contributed by atoms with Crippen molar-refractivity contribution in [3.05, 3.63) is 58.9 Å². The number of benzene rings is 2. The van der Waals surface area contributed by atoms with Gasteiger partial charge in [0.1, 0.15) is 17.6 Å². The number of ether oxygens (including phenoxy) is 1. The molecular weight excluding hydrogens is 279 g/mol. The predicted molar refractivity (Wildman–Crippen MR) is 76.4 cm³/mol. The van der Waals surface area contributed by atoms with Crippen molar-refractivity contribution in [1.29, 1.82) is 5.26 Å². The van der Waals surface area contributed by atoms with Crippen LogP contribution in [0.1, 0.15) is 11.6 Å². The molecule has 0 spiro atoms. The average molecular weight is 291 g/mol. The zero-order valence-electron chi connectivity index (χ0n) is 10.7. The molecule has 1 atom stereocenters. The molecule has 0 saturated carbocycles. The molecule has 102 valence electrons. The number of hydrogen-bond acceptors (Lipinski definition) is 3. The summed E-state index contributed by atoms with van der Waals surface area (Å²) in [6.07, 6.45) is 0. The van der Waals surface area contributed by atoms with Crippen LogP contribution < -0.4 is 10.1 Å². The van der Waals surface area contributed by atoms with E-state index in [-0.39, 0.29) is 5.02 Å². The van der Waals surface area contributed by atoms with Gasteiger partial charge in [-0.2, -0.15) is 5.26 Å². The SMILES string of the molecule is COc1ccccc1NC(C#N)c1cc(F)cc(Cl)c1. The zero-order valence-corrected chi connectivity index (χ0v) is 11.5. The van der Waals surface area contributed by atoms with Gasteiger partial charge in [-0.1, -0.05) is 23.7 Å². The number of nitrogens with zero attached hydrogens (tertiary/aromatic N) is 1. The molecule has 1 N–H and O–H groups in total. The van der Waals surface area contributed by atoms with Gasteiger partial charge >= 0.3 is 0 Å². The van der Waals surface area contributed by atoms with Gasteiger partial charge in [-0.3, -0.25) is 0 Å². The van der Waals surface area contributed by atoms with Gasteiger partial charge in [-0.05, 0) is 35.9 Å². The largest absolute Gasteiger partial charge is 0.495 e. The summed E-state index contributed by atoms with van der Waals surface area (Å²) >= 11 is 5.81. The molecular formula is C15H12ClFN2O. The van der Waals surface area contributed by atoms with Gasteiger partial charge in [-0.15, -0.1) is 0 Å². The van der Waals surface area contributed by atoms with Crippen molar-refractivity contribution in [3.63, 3.8) is 0 Å². The molecule has 0 aliphatic carbocycles. The first-order valence-electron chi connectivity index (χ1n) is 5.89. The third kappa shape index (κ3) is 3.19. The molecule has 0 aliphatic heterocycles. The number of halogens is 2. The molecule has 0 aromatic heterocycles. The van der Waals surface area contributed by atoms with Crippen molar-refractivity contribution in [2.24, 2.45) is 0 Å². The molecule has 0 fully saturated rings. The standard InChI is InChI=1S/C15H12ClFN2O/c1-20-15-5-3-2-4-13(15)19-14(9-18)10-6-11(16)8-12(17)7-10/h2-8,14,19H,1H3. The Morgan fingerprint density at radius 1 is 1.30 bits per heavy atom. The Labute approximate surface area is 121 Å². The van der Waals surface area contributed by atoms with Gasteiger partial charge in [0, 0.05) is 5.02 Å². The minimum absolute atomic E-state index is 0.252. The fourth-order valence-electron chi connectivity index (χ4n) is 1.85. The molecule has 0 heterocycles. The molecule has 20 heavy (non-hydrogen) atoms. The Bertz CT molecular complexity index is 634. The van der Waals surface area contributed by atoms with Crippen molar-refractivity contribution < 1.29 is 9.13 Å². The van der Waals surface area contributed by atoms with E-state index in [0.29, 0.717) is 17.0 Å². The molecule has 2 rings (SSSR count). The van der Waals surface area contributed by atoms with Crippen molar-refractivity contribution in [3.8, 4) is 11.8 Å². The minimum Gasteiger partial charge on any atom is -0.495 e. The monoisotopic (exact) mass is 290 g/mol. The summed E-state index contributed by atoms with van der Waals surface area (Å²) in [5.74, 6) is 0.129. The highest BCUT2D eigenvalue weighted by molar-refractivity contribution is 6.30. The van der Waals surface area contributed by atoms with E-state index < -0.39 is 11.9 Å². The molecule has 0 amide bonds. The maximum Gasteiger partial charge on any atom is 0.141 e. The predicted octanol–water partition coefficient (Wildman–Crippen LogP) is 4.16. The normalized spacial score (nSPS) is 11.5. The lowest BCUT2D eigenvalue weighted by Gasteiger charge is -2.16. The summed E-state index contributed by atoms with van der Waals surface area (Å²) in [6, 6.07) is 12.6. The average Bonchev–Trinajstić information content (AvgIpc) is 2.44. The fourth-order valence-corrected chi connectivity index (χ4v) is 2.08. The van der Waals surface area contributed by atoms with Gasteiger partial charge in [0.15, 0.2) is 0 Å². The molecule has 0 radical (unpaired) electrons. The number of rotatable bonds is 4. The van der Waals surface area contributed by atoms with E-state index >= 15 is 0 Å². The van der Waals surface area contributed by atoms with Crippen LogP contribution in [-0.4, -0.2) is 7.11 Å². The van der Waals surface area contributed by atoms with Crippen LogP contribution in [0.2, 0.25) is 5.02 Å². The molecule has 0 aliphatic rings. The van der Waals surface area contributed by atoms with Crippen LogP contribution in [0, 0.1) is 17.1 Å². The number of anilines is 1. The first kappa shape index (κ1) is 14.2. The van der Waals surface area contributed by atoms with E-state index in [1.807, 2.05) is 12.1 Å². The Balaban J connectivity index is 2.32. The van der Waals surface area contributed by atoms with Gasteiger partial charge in [0.25, 0.3) is 0 Å². The van der Waals surface area contributed by atoms with E-state index in [1.54, 1.807) is 25.3 Å². The van der Waals surface area contributed by atoms with Gasteiger partial charge in [-0.25, -0.2) is 4.39 Å². The summed E-state index contributed by atoms with van der Waals surface area (Å²) in [4.78, 5) is 0. The lowest BCUT2D eigenvalue weighted by atomic mass is 10.1. The van der Waals surface area contributed by atoms with Gasteiger partial charge in [0.2, 0.25) is 0 Å². The number of para-hydroxylation sites is 2. The minimum atomic E-state index is -0.723. The van der Waals surface area contributed by atoms with Crippen LogP contribution >= 0.6 is 11.6 Å². The molecule has 3 nitrogen and oxygen atoms in total. The van der Waals surface area contributed by atoms with Crippen LogP contribution in [-0.2, 0) is 0 Å². The van der Waals surface area contributed by atoms with Crippen LogP contribution in [0.4, 0.5) is 10.1 Å². The van der Waals surface area contributed by atoms with Gasteiger partial charge in [0.05, 0.1) is 18.9 Å². The topological polar surface area (TPSA) is 45.0 Å². The quantitative estimate of drug-likeness (QED) is 0.919. The van der Waals surface area contributed by atoms with Crippen molar-refractivity contribution in [1.82, 2.24) is 0 Å². The van der Waals surface area contributed by atoms with E-state index in [0.717, 1.165) is 0 Å². The molecule has 5 heteroatoms. The number of nitriles is 1. The maximum atomic E-state index is 13.4. The zero-order chi connectivity index (χ0) is 14.5. The molecule has 0 bridgehead atoms. The number of methoxy groups -OCH3 is 1. The lowest BCUT2D eigenvalue weighted by Crippen LogP contribution is -2.09. The highest BCUT2D eigenvalue weighted by Gasteiger charge is 2.14. The molecule has 1 unspecified atom stereocenters.